The normalized spacial score (nSPS) is 11.5. The summed E-state index contributed by atoms with van der Waals surface area (Å²) in [7, 11) is 0. The van der Waals surface area contributed by atoms with E-state index in [9.17, 15) is 9.59 Å². The minimum absolute atomic E-state index is 0.132. The average Bonchev–Trinajstić information content (AvgIpc) is 2.69. The van der Waals surface area contributed by atoms with Crippen LogP contribution in [0.4, 0.5) is 0 Å². The lowest BCUT2D eigenvalue weighted by atomic mass is 10.1. The number of para-hydroxylation sites is 1. The summed E-state index contributed by atoms with van der Waals surface area (Å²) in [4.78, 5) is 26.5. The molecule has 2 rings (SSSR count). The lowest BCUT2D eigenvalue weighted by Gasteiger charge is -2.28. The molecule has 2 amide bonds. The number of carbonyl (C=O) groups is 2. The number of hydrogen-bond donors (Lipinski definition) is 2. The van der Waals surface area contributed by atoms with E-state index in [1.165, 1.54) is 4.90 Å². The monoisotopic (exact) mass is 390 g/mol. The van der Waals surface area contributed by atoms with Crippen molar-refractivity contribution in [3.8, 4) is 5.75 Å². The molecule has 6 nitrogen and oxygen atoms in total. The van der Waals surface area contributed by atoms with E-state index >= 15 is 0 Å². The number of rotatable bonds is 9. The van der Waals surface area contributed by atoms with Gasteiger partial charge in [0.15, 0.2) is 6.61 Å². The molecule has 2 aromatic rings. The number of benzene rings is 2. The number of aliphatic hydroxyl groups is 1. The van der Waals surface area contributed by atoms with Crippen LogP contribution in [0.25, 0.3) is 0 Å². The molecule has 0 aliphatic carbocycles. The number of hydrogen-bond acceptors (Lipinski definition) is 4. The summed E-state index contributed by atoms with van der Waals surface area (Å²) in [5.74, 6) is -0.277. The Morgan fingerprint density at radius 2 is 1.81 bits per heavy atom. The fraction of sp³-hybridized carbons (Fsp3) is 0.300. The molecular formula is C20H23ClN2O4. The Hall–Kier alpha value is -2.57. The first-order valence-corrected chi connectivity index (χ1v) is 9.00. The number of carbonyl (C=O) groups excluding carboxylic acids is 2. The molecule has 0 saturated carbocycles. The SMILES string of the molecule is C[C@H](C(=O)NCCO)N(Cc1ccccc1)C(=O)COc1ccccc1Cl. The van der Waals surface area contributed by atoms with Gasteiger partial charge in [0.1, 0.15) is 11.8 Å². The smallest absolute Gasteiger partial charge is 0.261 e. The Morgan fingerprint density at radius 3 is 2.48 bits per heavy atom. The summed E-state index contributed by atoms with van der Waals surface area (Å²) in [5.41, 5.74) is 0.894. The summed E-state index contributed by atoms with van der Waals surface area (Å²) in [5, 5.41) is 11.9. The van der Waals surface area contributed by atoms with Crippen LogP contribution in [-0.2, 0) is 16.1 Å². The number of amides is 2. The first kappa shape index (κ1) is 20.7. The first-order chi connectivity index (χ1) is 13.0. The number of aliphatic hydroxyl groups excluding tert-OH is 1. The van der Waals surface area contributed by atoms with Crippen LogP contribution in [0.3, 0.4) is 0 Å². The van der Waals surface area contributed by atoms with E-state index < -0.39 is 6.04 Å². The second-order valence-corrected chi connectivity index (χ2v) is 6.32. The van der Waals surface area contributed by atoms with Gasteiger partial charge in [-0.3, -0.25) is 9.59 Å². The Bertz CT molecular complexity index is 755. The van der Waals surface area contributed by atoms with Crippen molar-refractivity contribution in [2.75, 3.05) is 19.8 Å². The molecule has 0 saturated heterocycles. The highest BCUT2D eigenvalue weighted by atomic mass is 35.5. The predicted molar refractivity (Wildman–Crippen MR) is 103 cm³/mol. The fourth-order valence-corrected chi connectivity index (χ4v) is 2.66. The van der Waals surface area contributed by atoms with Crippen molar-refractivity contribution in [1.82, 2.24) is 10.2 Å². The zero-order valence-corrected chi connectivity index (χ0v) is 15.9. The molecule has 0 aliphatic rings. The Balaban J connectivity index is 2.11. The van der Waals surface area contributed by atoms with E-state index in [0.29, 0.717) is 10.8 Å². The van der Waals surface area contributed by atoms with Crippen LogP contribution in [0.15, 0.2) is 54.6 Å². The number of nitrogens with zero attached hydrogens (tertiary/aromatic N) is 1. The van der Waals surface area contributed by atoms with Gasteiger partial charge in [0.2, 0.25) is 5.91 Å². The number of ether oxygens (including phenoxy) is 1. The third-order valence-electron chi connectivity index (χ3n) is 3.96. The lowest BCUT2D eigenvalue weighted by Crippen LogP contribution is -2.49. The molecule has 144 valence electrons. The average molecular weight is 391 g/mol. The van der Waals surface area contributed by atoms with Crippen molar-refractivity contribution in [3.63, 3.8) is 0 Å². The summed E-state index contributed by atoms with van der Waals surface area (Å²) in [6.45, 7) is 1.63. The maximum absolute atomic E-state index is 12.8. The van der Waals surface area contributed by atoms with E-state index in [4.69, 9.17) is 21.4 Å². The quantitative estimate of drug-likeness (QED) is 0.688. The maximum Gasteiger partial charge on any atom is 0.261 e. The summed E-state index contributed by atoms with van der Waals surface area (Å²) < 4.78 is 5.53. The molecule has 0 unspecified atom stereocenters. The van der Waals surface area contributed by atoms with Gasteiger partial charge < -0.3 is 20.1 Å². The van der Waals surface area contributed by atoms with Gasteiger partial charge in [-0.15, -0.1) is 0 Å². The van der Waals surface area contributed by atoms with E-state index in [2.05, 4.69) is 5.32 Å². The van der Waals surface area contributed by atoms with Gasteiger partial charge in [-0.25, -0.2) is 0 Å². The third-order valence-corrected chi connectivity index (χ3v) is 4.27. The molecule has 7 heteroatoms. The summed E-state index contributed by atoms with van der Waals surface area (Å²) >= 11 is 6.05. The van der Waals surface area contributed by atoms with Crippen LogP contribution in [-0.4, -0.2) is 47.6 Å². The van der Waals surface area contributed by atoms with Crippen molar-refractivity contribution < 1.29 is 19.4 Å². The largest absolute Gasteiger partial charge is 0.482 e. The van der Waals surface area contributed by atoms with Gasteiger partial charge in [-0.1, -0.05) is 54.1 Å². The predicted octanol–water partition coefficient (Wildman–Crippen LogP) is 2.24. The highest BCUT2D eigenvalue weighted by Gasteiger charge is 2.26. The number of nitrogens with one attached hydrogen (secondary N) is 1. The molecule has 0 spiro atoms. The van der Waals surface area contributed by atoms with Gasteiger partial charge in [0, 0.05) is 13.1 Å². The molecule has 0 radical (unpaired) electrons. The molecule has 27 heavy (non-hydrogen) atoms. The third kappa shape index (κ3) is 6.27. The molecule has 0 bridgehead atoms. The van der Waals surface area contributed by atoms with Gasteiger partial charge >= 0.3 is 0 Å². The first-order valence-electron chi connectivity index (χ1n) is 8.62. The van der Waals surface area contributed by atoms with E-state index in [1.54, 1.807) is 31.2 Å². The van der Waals surface area contributed by atoms with Crippen molar-refractivity contribution in [2.45, 2.75) is 19.5 Å². The zero-order chi connectivity index (χ0) is 19.6. The van der Waals surface area contributed by atoms with Gasteiger partial charge in [-0.05, 0) is 24.6 Å². The Morgan fingerprint density at radius 1 is 1.15 bits per heavy atom. The molecule has 2 N–H and O–H groups in total. The van der Waals surface area contributed by atoms with Crippen molar-refractivity contribution in [3.05, 3.63) is 65.2 Å². The molecule has 0 aliphatic heterocycles. The topological polar surface area (TPSA) is 78.9 Å². The van der Waals surface area contributed by atoms with E-state index in [1.807, 2.05) is 30.3 Å². The van der Waals surface area contributed by atoms with Crippen LogP contribution in [0.2, 0.25) is 5.02 Å². The van der Waals surface area contributed by atoms with Crippen molar-refractivity contribution in [1.29, 1.82) is 0 Å². The zero-order valence-electron chi connectivity index (χ0n) is 15.1. The highest BCUT2D eigenvalue weighted by molar-refractivity contribution is 6.32. The fourth-order valence-electron chi connectivity index (χ4n) is 2.47. The molecule has 0 aromatic heterocycles. The van der Waals surface area contributed by atoms with Crippen LogP contribution in [0, 0.1) is 0 Å². The van der Waals surface area contributed by atoms with Gasteiger partial charge in [0.05, 0.1) is 11.6 Å². The second-order valence-electron chi connectivity index (χ2n) is 5.92. The maximum atomic E-state index is 12.8. The lowest BCUT2D eigenvalue weighted by molar-refractivity contribution is -0.142. The molecule has 1 atom stereocenters. The minimum atomic E-state index is -0.723. The van der Waals surface area contributed by atoms with Crippen LogP contribution in [0.1, 0.15) is 12.5 Å². The standard InChI is InChI=1S/C20H23ClN2O4/c1-15(20(26)22-11-12-24)23(13-16-7-3-2-4-8-16)19(25)14-27-18-10-6-5-9-17(18)21/h2-10,15,24H,11-14H2,1H3,(H,22,26)/t15-/m1/s1. The molecule has 0 heterocycles. The van der Waals surface area contributed by atoms with Crippen LogP contribution < -0.4 is 10.1 Å². The van der Waals surface area contributed by atoms with E-state index in [-0.39, 0.29) is 38.1 Å². The van der Waals surface area contributed by atoms with Crippen molar-refractivity contribution in [2.24, 2.45) is 0 Å². The minimum Gasteiger partial charge on any atom is -0.482 e. The summed E-state index contributed by atoms with van der Waals surface area (Å²) in [6.07, 6.45) is 0. The molecular weight excluding hydrogens is 368 g/mol. The van der Waals surface area contributed by atoms with Crippen LogP contribution >= 0.6 is 11.6 Å². The van der Waals surface area contributed by atoms with Crippen molar-refractivity contribution >= 4 is 23.4 Å². The van der Waals surface area contributed by atoms with Crippen LogP contribution in [0.5, 0.6) is 5.75 Å². The summed E-state index contributed by atoms with van der Waals surface area (Å²) in [6, 6.07) is 15.5. The van der Waals surface area contributed by atoms with Gasteiger partial charge in [-0.2, -0.15) is 0 Å². The second kappa shape index (κ2) is 10.5. The van der Waals surface area contributed by atoms with Gasteiger partial charge in [0.25, 0.3) is 5.91 Å². The molecule has 0 fully saturated rings. The highest BCUT2D eigenvalue weighted by Crippen LogP contribution is 2.23. The Kier molecular flexibility index (Phi) is 8.10. The number of halogens is 1. The van der Waals surface area contributed by atoms with E-state index in [0.717, 1.165) is 5.56 Å². The molecule has 2 aromatic carbocycles. The Labute approximate surface area is 163 Å².